The van der Waals surface area contributed by atoms with Crippen LogP contribution in [0.25, 0.3) is 11.1 Å². The van der Waals surface area contributed by atoms with Crippen molar-refractivity contribution in [1.82, 2.24) is 20.0 Å². The number of rotatable bonds is 3. The molecule has 31 heavy (non-hydrogen) atoms. The number of nitrogens with one attached hydrogen (secondary N) is 2. The number of hydrogen-bond acceptors (Lipinski definition) is 4. The van der Waals surface area contributed by atoms with Crippen LogP contribution in [0.5, 0.6) is 5.75 Å². The lowest BCUT2D eigenvalue weighted by molar-refractivity contribution is -0.118. The van der Waals surface area contributed by atoms with Crippen LogP contribution in [0.1, 0.15) is 32.6 Å². The highest BCUT2D eigenvalue weighted by Gasteiger charge is 2.33. The van der Waals surface area contributed by atoms with Crippen LogP contribution in [0.3, 0.4) is 0 Å². The van der Waals surface area contributed by atoms with E-state index in [2.05, 4.69) is 15.7 Å². The highest BCUT2D eigenvalue weighted by molar-refractivity contribution is 5.93. The van der Waals surface area contributed by atoms with E-state index in [1.54, 1.807) is 4.68 Å². The molecule has 0 aliphatic carbocycles. The maximum Gasteiger partial charge on any atom is 0.317 e. The summed E-state index contributed by atoms with van der Waals surface area (Å²) in [5, 5.41) is 10.2. The number of urea groups is 1. The zero-order valence-electron chi connectivity index (χ0n) is 18.3. The number of nitrogens with zero attached hydrogens (tertiary/aromatic N) is 3. The van der Waals surface area contributed by atoms with Gasteiger partial charge in [-0.25, -0.2) is 4.79 Å². The van der Waals surface area contributed by atoms with Crippen molar-refractivity contribution in [2.24, 2.45) is 18.9 Å². The van der Waals surface area contributed by atoms with Crippen LogP contribution in [0.2, 0.25) is 0 Å². The molecule has 3 heterocycles. The molecule has 2 aromatic rings. The molecule has 1 aromatic carbocycles. The van der Waals surface area contributed by atoms with Crippen LogP contribution < -0.4 is 15.4 Å². The van der Waals surface area contributed by atoms with E-state index in [-0.39, 0.29) is 23.8 Å². The van der Waals surface area contributed by atoms with Gasteiger partial charge in [0.2, 0.25) is 5.91 Å². The number of hydrogen-bond donors (Lipinski definition) is 2. The number of ether oxygens (including phenoxy) is 1. The molecule has 2 aliphatic heterocycles. The number of likely N-dealkylation sites (tertiary alicyclic amines) is 1. The Bertz CT molecular complexity index is 941. The Labute approximate surface area is 182 Å². The number of amides is 3. The van der Waals surface area contributed by atoms with Gasteiger partial charge in [0.25, 0.3) is 0 Å². The molecule has 166 valence electrons. The third kappa shape index (κ3) is 5.00. The number of carbonyl (C=O) groups is 2. The fraction of sp³-hybridized carbons (Fsp3) is 0.522. The second-order valence-electron chi connectivity index (χ2n) is 8.49. The van der Waals surface area contributed by atoms with E-state index in [4.69, 9.17) is 4.74 Å². The molecule has 0 bridgehead atoms. The van der Waals surface area contributed by atoms with Crippen molar-refractivity contribution in [2.75, 3.05) is 31.6 Å². The third-order valence-corrected chi connectivity index (χ3v) is 6.19. The molecule has 0 radical (unpaired) electrons. The van der Waals surface area contributed by atoms with Crippen LogP contribution in [0, 0.1) is 11.8 Å². The van der Waals surface area contributed by atoms with Crippen molar-refractivity contribution in [3.63, 3.8) is 0 Å². The van der Waals surface area contributed by atoms with Crippen molar-refractivity contribution in [2.45, 2.75) is 32.6 Å². The number of benzene rings is 1. The molecular weight excluding hydrogens is 394 g/mol. The summed E-state index contributed by atoms with van der Waals surface area (Å²) in [6.45, 7) is 4.63. The second-order valence-corrected chi connectivity index (χ2v) is 8.49. The largest absolute Gasteiger partial charge is 0.491 e. The monoisotopic (exact) mass is 425 g/mol. The summed E-state index contributed by atoms with van der Waals surface area (Å²) in [6.07, 6.45) is 6.80. The summed E-state index contributed by atoms with van der Waals surface area (Å²) in [5.41, 5.74) is 2.69. The van der Waals surface area contributed by atoms with Gasteiger partial charge in [0, 0.05) is 44.9 Å². The Hall–Kier alpha value is -3.03. The molecule has 8 nitrogen and oxygen atoms in total. The second kappa shape index (κ2) is 9.41. The van der Waals surface area contributed by atoms with Gasteiger partial charge in [-0.05, 0) is 48.8 Å². The Morgan fingerprint density at radius 1 is 1.29 bits per heavy atom. The van der Waals surface area contributed by atoms with Crippen molar-refractivity contribution in [3.05, 3.63) is 30.6 Å². The summed E-state index contributed by atoms with van der Waals surface area (Å²) in [7, 11) is 1.88. The Morgan fingerprint density at radius 2 is 2.16 bits per heavy atom. The van der Waals surface area contributed by atoms with E-state index in [1.807, 2.05) is 49.5 Å². The van der Waals surface area contributed by atoms with E-state index >= 15 is 0 Å². The number of anilines is 1. The van der Waals surface area contributed by atoms with Gasteiger partial charge in [-0.1, -0.05) is 13.0 Å². The highest BCUT2D eigenvalue weighted by atomic mass is 16.5. The van der Waals surface area contributed by atoms with Crippen molar-refractivity contribution >= 4 is 17.6 Å². The number of fused-ring (bicyclic) bond motifs is 2. The average Bonchev–Trinajstić information content (AvgIpc) is 3.20. The van der Waals surface area contributed by atoms with Gasteiger partial charge in [0.1, 0.15) is 5.75 Å². The molecule has 2 N–H and O–H groups in total. The molecule has 2 atom stereocenters. The minimum atomic E-state index is -0.00535. The van der Waals surface area contributed by atoms with Crippen LogP contribution in [-0.4, -0.2) is 52.9 Å². The number of carbonyl (C=O) groups excluding carboxylic acids is 2. The Morgan fingerprint density at radius 3 is 2.94 bits per heavy atom. The molecule has 0 spiro atoms. The molecule has 1 saturated heterocycles. The summed E-state index contributed by atoms with van der Waals surface area (Å²) >= 11 is 0. The quantitative estimate of drug-likeness (QED) is 0.790. The van der Waals surface area contributed by atoms with Gasteiger partial charge in [-0.2, -0.15) is 5.10 Å². The SMILES string of the molecule is CCCNC(=O)N1CC[C@H]2CC(=O)Nc3ccc(-c4cnn(C)c4)cc3OCC[C@H]2C1. The lowest BCUT2D eigenvalue weighted by atomic mass is 9.81. The van der Waals surface area contributed by atoms with Gasteiger partial charge in [-0.15, -0.1) is 0 Å². The topological polar surface area (TPSA) is 88.5 Å². The van der Waals surface area contributed by atoms with Crippen molar-refractivity contribution in [3.8, 4) is 16.9 Å². The lowest BCUT2D eigenvalue weighted by Crippen LogP contribution is -2.49. The summed E-state index contributed by atoms with van der Waals surface area (Å²) in [4.78, 5) is 27.1. The minimum Gasteiger partial charge on any atom is -0.491 e. The molecule has 0 saturated carbocycles. The number of aryl methyl sites for hydroxylation is 1. The first-order chi connectivity index (χ1) is 15.0. The summed E-state index contributed by atoms with van der Waals surface area (Å²) in [6, 6.07) is 5.82. The van der Waals surface area contributed by atoms with Gasteiger partial charge in [0.15, 0.2) is 0 Å². The van der Waals surface area contributed by atoms with Crippen LogP contribution in [0.4, 0.5) is 10.5 Å². The summed E-state index contributed by atoms with van der Waals surface area (Å²) in [5.74, 6) is 1.17. The van der Waals surface area contributed by atoms with Gasteiger partial charge in [-0.3, -0.25) is 9.48 Å². The highest BCUT2D eigenvalue weighted by Crippen LogP contribution is 2.35. The number of piperidine rings is 1. The predicted molar refractivity (Wildman–Crippen MR) is 119 cm³/mol. The fourth-order valence-electron chi connectivity index (χ4n) is 4.46. The van der Waals surface area contributed by atoms with E-state index < -0.39 is 0 Å². The smallest absolute Gasteiger partial charge is 0.317 e. The molecule has 0 unspecified atom stereocenters. The van der Waals surface area contributed by atoms with E-state index in [9.17, 15) is 9.59 Å². The van der Waals surface area contributed by atoms with Gasteiger partial charge in [0.05, 0.1) is 18.5 Å². The normalized spacial score (nSPS) is 21.4. The van der Waals surface area contributed by atoms with E-state index in [0.717, 1.165) is 30.4 Å². The molecular formula is C23H31N5O3. The molecule has 2 aliphatic rings. The number of aromatic nitrogens is 2. The minimum absolute atomic E-state index is 0.000220. The van der Waals surface area contributed by atoms with Gasteiger partial charge < -0.3 is 20.3 Å². The van der Waals surface area contributed by atoms with E-state index in [1.165, 1.54) is 0 Å². The third-order valence-electron chi connectivity index (χ3n) is 6.19. The molecule has 8 heteroatoms. The Kier molecular flexibility index (Phi) is 6.44. The molecule has 3 amide bonds. The van der Waals surface area contributed by atoms with Gasteiger partial charge >= 0.3 is 6.03 Å². The first kappa shape index (κ1) is 21.2. The lowest BCUT2D eigenvalue weighted by Gasteiger charge is -2.39. The van der Waals surface area contributed by atoms with Crippen LogP contribution in [-0.2, 0) is 11.8 Å². The first-order valence-electron chi connectivity index (χ1n) is 11.1. The summed E-state index contributed by atoms with van der Waals surface area (Å²) < 4.78 is 7.89. The zero-order chi connectivity index (χ0) is 21.8. The predicted octanol–water partition coefficient (Wildman–Crippen LogP) is 3.26. The maximum absolute atomic E-state index is 12.8. The van der Waals surface area contributed by atoms with Crippen LogP contribution >= 0.6 is 0 Å². The fourth-order valence-corrected chi connectivity index (χ4v) is 4.46. The molecule has 1 fully saturated rings. The van der Waals surface area contributed by atoms with Crippen molar-refractivity contribution < 1.29 is 14.3 Å². The van der Waals surface area contributed by atoms with E-state index in [0.29, 0.717) is 44.1 Å². The average molecular weight is 426 g/mol. The Balaban J connectivity index is 1.49. The standard InChI is InChI=1S/C23H31N5O3/c1-3-8-24-23(30)28-9-6-17-12-22(29)26-20-5-4-16(19-13-25-27(2)14-19)11-21(20)31-10-7-18(17)15-28/h4-5,11,13-14,17-18H,3,6-10,12,15H2,1-2H3,(H,24,30)(H,26,29)/t17-,18-/m0/s1. The van der Waals surface area contributed by atoms with Crippen molar-refractivity contribution in [1.29, 1.82) is 0 Å². The zero-order valence-corrected chi connectivity index (χ0v) is 18.3. The molecule has 4 rings (SSSR count). The first-order valence-corrected chi connectivity index (χ1v) is 11.1. The molecule has 1 aromatic heterocycles. The maximum atomic E-state index is 12.8. The van der Waals surface area contributed by atoms with Crippen LogP contribution in [0.15, 0.2) is 30.6 Å².